The van der Waals surface area contributed by atoms with E-state index in [1.165, 1.54) is 0 Å². The van der Waals surface area contributed by atoms with Gasteiger partial charge in [0.15, 0.2) is 0 Å². The average Bonchev–Trinajstić information content (AvgIpc) is 2.28. The van der Waals surface area contributed by atoms with Crippen LogP contribution in [-0.4, -0.2) is 28.6 Å². The molecule has 1 unspecified atom stereocenters. The van der Waals surface area contributed by atoms with Crippen molar-refractivity contribution in [1.29, 1.82) is 0 Å². The normalized spacial score (nSPS) is 12.5. The summed E-state index contributed by atoms with van der Waals surface area (Å²) in [5.74, 6) is 0.150. The van der Waals surface area contributed by atoms with E-state index in [4.69, 9.17) is 5.11 Å². The van der Waals surface area contributed by atoms with Crippen LogP contribution in [0.3, 0.4) is 0 Å². The second kappa shape index (κ2) is 6.71. The summed E-state index contributed by atoms with van der Waals surface area (Å²) in [5, 5.41) is 11.9. The summed E-state index contributed by atoms with van der Waals surface area (Å²) < 4.78 is 0.633. The lowest BCUT2D eigenvalue weighted by molar-refractivity contribution is 0.0916. The highest BCUT2D eigenvalue weighted by atomic mass is 79.9. The fourth-order valence-electron chi connectivity index (χ4n) is 1.51. The number of carbonyl (C=O) groups excluding carboxylic acids is 1. The van der Waals surface area contributed by atoms with Gasteiger partial charge in [-0.2, -0.15) is 0 Å². The maximum atomic E-state index is 11.9. The van der Waals surface area contributed by atoms with Gasteiger partial charge in [0.2, 0.25) is 0 Å². The van der Waals surface area contributed by atoms with Gasteiger partial charge in [-0.05, 0) is 40.4 Å². The predicted molar refractivity (Wildman–Crippen MR) is 69.7 cm³/mol. The fourth-order valence-corrected chi connectivity index (χ4v) is 1.87. The molecule has 1 aromatic heterocycles. The molecule has 0 radical (unpaired) electrons. The summed E-state index contributed by atoms with van der Waals surface area (Å²) in [6.45, 7) is 4.11. The number of nitrogens with zero attached hydrogens (tertiary/aromatic N) is 1. The highest BCUT2D eigenvalue weighted by Gasteiger charge is 2.16. The van der Waals surface area contributed by atoms with E-state index in [0.717, 1.165) is 0 Å². The molecule has 94 valence electrons. The number of hydrogen-bond acceptors (Lipinski definition) is 3. The standard InChI is InChI=1S/C12H17BrN2O2/c1-8(2)10(4-6-16)15-12(17)9-3-5-14-11(13)7-9/h3,5,7-8,10,16H,4,6H2,1-2H3,(H,15,17). The molecule has 0 aliphatic carbocycles. The minimum Gasteiger partial charge on any atom is -0.396 e. The van der Waals surface area contributed by atoms with Crippen molar-refractivity contribution in [3.05, 3.63) is 28.5 Å². The fraction of sp³-hybridized carbons (Fsp3) is 0.500. The first-order chi connectivity index (χ1) is 8.04. The number of hydrogen-bond donors (Lipinski definition) is 2. The number of carbonyl (C=O) groups is 1. The largest absolute Gasteiger partial charge is 0.396 e. The molecule has 0 saturated carbocycles. The Morgan fingerprint density at radius 3 is 2.82 bits per heavy atom. The van der Waals surface area contributed by atoms with E-state index >= 15 is 0 Å². The number of aliphatic hydroxyl groups excluding tert-OH is 1. The summed E-state index contributed by atoms with van der Waals surface area (Å²) in [6, 6.07) is 3.32. The van der Waals surface area contributed by atoms with Crippen LogP contribution in [0.15, 0.2) is 22.9 Å². The highest BCUT2D eigenvalue weighted by molar-refractivity contribution is 9.10. The number of aromatic nitrogens is 1. The first-order valence-electron chi connectivity index (χ1n) is 5.58. The van der Waals surface area contributed by atoms with Crippen molar-refractivity contribution in [2.24, 2.45) is 5.92 Å². The van der Waals surface area contributed by atoms with Crippen LogP contribution in [0.4, 0.5) is 0 Å². The van der Waals surface area contributed by atoms with Crippen LogP contribution in [0, 0.1) is 5.92 Å². The van der Waals surface area contributed by atoms with E-state index in [2.05, 4.69) is 26.2 Å². The van der Waals surface area contributed by atoms with Crippen LogP contribution < -0.4 is 5.32 Å². The van der Waals surface area contributed by atoms with Crippen molar-refractivity contribution in [2.45, 2.75) is 26.3 Å². The van der Waals surface area contributed by atoms with E-state index in [0.29, 0.717) is 16.6 Å². The summed E-state index contributed by atoms with van der Waals surface area (Å²) in [7, 11) is 0. The van der Waals surface area contributed by atoms with Crippen LogP contribution >= 0.6 is 15.9 Å². The number of nitrogens with one attached hydrogen (secondary N) is 1. The Bertz CT molecular complexity index is 383. The van der Waals surface area contributed by atoms with Gasteiger partial charge in [-0.15, -0.1) is 0 Å². The van der Waals surface area contributed by atoms with Gasteiger partial charge in [0.25, 0.3) is 5.91 Å². The molecule has 1 rings (SSSR count). The molecule has 0 saturated heterocycles. The second-order valence-corrected chi connectivity index (χ2v) is 5.02. The molecule has 5 heteroatoms. The lowest BCUT2D eigenvalue weighted by Crippen LogP contribution is -2.39. The monoisotopic (exact) mass is 300 g/mol. The third-order valence-corrected chi connectivity index (χ3v) is 2.98. The molecule has 0 aromatic carbocycles. The lowest BCUT2D eigenvalue weighted by atomic mass is 10.0. The van der Waals surface area contributed by atoms with Gasteiger partial charge < -0.3 is 10.4 Å². The molecule has 0 aliphatic rings. The van der Waals surface area contributed by atoms with Crippen LogP contribution in [0.5, 0.6) is 0 Å². The molecule has 2 N–H and O–H groups in total. The van der Waals surface area contributed by atoms with Gasteiger partial charge >= 0.3 is 0 Å². The Hall–Kier alpha value is -0.940. The number of rotatable bonds is 5. The number of amides is 1. The van der Waals surface area contributed by atoms with Crippen molar-refractivity contribution >= 4 is 21.8 Å². The summed E-state index contributed by atoms with van der Waals surface area (Å²) in [4.78, 5) is 15.9. The molecule has 0 fully saturated rings. The third kappa shape index (κ3) is 4.44. The third-order valence-electron chi connectivity index (χ3n) is 2.55. The van der Waals surface area contributed by atoms with Crippen molar-refractivity contribution in [1.82, 2.24) is 10.3 Å². The summed E-state index contributed by atoms with van der Waals surface area (Å²) >= 11 is 3.23. The number of pyridine rings is 1. The first kappa shape index (κ1) is 14.1. The minimum absolute atomic E-state index is 0.0144. The lowest BCUT2D eigenvalue weighted by Gasteiger charge is -2.21. The average molecular weight is 301 g/mol. The van der Waals surface area contributed by atoms with Crippen molar-refractivity contribution in [3.8, 4) is 0 Å². The molecular formula is C12H17BrN2O2. The van der Waals surface area contributed by atoms with Crippen LogP contribution in [-0.2, 0) is 0 Å². The molecule has 0 aliphatic heterocycles. The Balaban J connectivity index is 2.70. The first-order valence-corrected chi connectivity index (χ1v) is 6.37. The molecular weight excluding hydrogens is 284 g/mol. The smallest absolute Gasteiger partial charge is 0.251 e. The minimum atomic E-state index is -0.139. The van der Waals surface area contributed by atoms with E-state index in [1.807, 2.05) is 13.8 Å². The zero-order valence-corrected chi connectivity index (χ0v) is 11.6. The molecule has 1 aromatic rings. The molecule has 1 atom stereocenters. The van der Waals surface area contributed by atoms with Crippen molar-refractivity contribution < 1.29 is 9.90 Å². The van der Waals surface area contributed by atoms with Gasteiger partial charge in [0.1, 0.15) is 4.60 Å². The molecule has 4 nitrogen and oxygen atoms in total. The molecule has 17 heavy (non-hydrogen) atoms. The van der Waals surface area contributed by atoms with Gasteiger partial charge in [0, 0.05) is 24.4 Å². The van der Waals surface area contributed by atoms with E-state index < -0.39 is 0 Å². The highest BCUT2D eigenvalue weighted by Crippen LogP contribution is 2.10. The second-order valence-electron chi connectivity index (χ2n) is 4.20. The molecule has 0 bridgehead atoms. The Morgan fingerprint density at radius 1 is 1.59 bits per heavy atom. The van der Waals surface area contributed by atoms with Crippen LogP contribution in [0.25, 0.3) is 0 Å². The van der Waals surface area contributed by atoms with Crippen molar-refractivity contribution in [2.75, 3.05) is 6.61 Å². The zero-order valence-electron chi connectivity index (χ0n) is 9.98. The van der Waals surface area contributed by atoms with Gasteiger partial charge in [-0.1, -0.05) is 13.8 Å². The Labute approximate surface area is 110 Å². The van der Waals surface area contributed by atoms with Gasteiger partial charge in [0.05, 0.1) is 0 Å². The van der Waals surface area contributed by atoms with E-state index in [1.54, 1.807) is 18.3 Å². The predicted octanol–water partition coefficient (Wildman–Crippen LogP) is 1.98. The van der Waals surface area contributed by atoms with Crippen LogP contribution in [0.2, 0.25) is 0 Å². The zero-order chi connectivity index (χ0) is 12.8. The van der Waals surface area contributed by atoms with E-state index in [-0.39, 0.29) is 24.5 Å². The summed E-state index contributed by atoms with van der Waals surface area (Å²) in [6.07, 6.45) is 2.14. The maximum Gasteiger partial charge on any atom is 0.251 e. The number of halogens is 1. The van der Waals surface area contributed by atoms with Crippen LogP contribution in [0.1, 0.15) is 30.6 Å². The van der Waals surface area contributed by atoms with Gasteiger partial charge in [-0.3, -0.25) is 4.79 Å². The molecule has 1 amide bonds. The molecule has 0 spiro atoms. The topological polar surface area (TPSA) is 62.2 Å². The molecule has 1 heterocycles. The van der Waals surface area contributed by atoms with Gasteiger partial charge in [-0.25, -0.2) is 4.98 Å². The summed E-state index contributed by atoms with van der Waals surface area (Å²) in [5.41, 5.74) is 0.565. The SMILES string of the molecule is CC(C)C(CCO)NC(=O)c1ccnc(Br)c1. The quantitative estimate of drug-likeness (QED) is 0.818. The Morgan fingerprint density at radius 2 is 2.29 bits per heavy atom. The Kier molecular flexibility index (Phi) is 5.58. The van der Waals surface area contributed by atoms with Crippen molar-refractivity contribution in [3.63, 3.8) is 0 Å². The maximum absolute atomic E-state index is 11.9. The van der Waals surface area contributed by atoms with E-state index in [9.17, 15) is 4.79 Å². The number of aliphatic hydroxyl groups is 1.